The summed E-state index contributed by atoms with van der Waals surface area (Å²) in [6.07, 6.45) is 0.731. The van der Waals surface area contributed by atoms with Crippen molar-refractivity contribution in [3.05, 3.63) is 34.9 Å². The molecule has 1 aliphatic carbocycles. The van der Waals surface area contributed by atoms with Gasteiger partial charge in [-0.1, -0.05) is 29.8 Å². The number of amides is 1. The summed E-state index contributed by atoms with van der Waals surface area (Å²) < 4.78 is 0. The number of carboxylic acid groups (broad SMARTS) is 1. The van der Waals surface area contributed by atoms with Gasteiger partial charge in [0.2, 0.25) is 5.91 Å². The van der Waals surface area contributed by atoms with Gasteiger partial charge >= 0.3 is 5.97 Å². The lowest BCUT2D eigenvalue weighted by Gasteiger charge is -2.03. The van der Waals surface area contributed by atoms with Crippen LogP contribution in [0.5, 0.6) is 0 Å². The molecule has 0 aromatic heterocycles. The Morgan fingerprint density at radius 1 is 1.41 bits per heavy atom. The van der Waals surface area contributed by atoms with Gasteiger partial charge in [-0.15, -0.1) is 0 Å². The fourth-order valence-corrected chi connectivity index (χ4v) is 2.17. The van der Waals surface area contributed by atoms with Gasteiger partial charge in [-0.25, -0.2) is 0 Å². The Kier molecular flexibility index (Phi) is 3.33. The van der Waals surface area contributed by atoms with Gasteiger partial charge in [0.1, 0.15) is 6.54 Å². The first-order valence-electron chi connectivity index (χ1n) is 5.33. The van der Waals surface area contributed by atoms with Crippen molar-refractivity contribution >= 4 is 23.5 Å². The molecule has 4 nitrogen and oxygen atoms in total. The first kappa shape index (κ1) is 11.9. The molecule has 0 radical (unpaired) electrons. The molecule has 1 aromatic carbocycles. The Labute approximate surface area is 104 Å². The summed E-state index contributed by atoms with van der Waals surface area (Å²) in [5.41, 5.74) is 0.963. The first-order valence-corrected chi connectivity index (χ1v) is 5.71. The van der Waals surface area contributed by atoms with E-state index < -0.39 is 5.97 Å². The number of nitrogens with one attached hydrogen (secondary N) is 1. The number of carbonyl (C=O) groups is 2. The second-order valence-corrected chi connectivity index (χ2v) is 4.49. The first-order chi connectivity index (χ1) is 8.09. The molecule has 1 aliphatic rings. The van der Waals surface area contributed by atoms with Crippen LogP contribution in [0.15, 0.2) is 24.3 Å². The van der Waals surface area contributed by atoms with Crippen LogP contribution in [-0.2, 0) is 9.59 Å². The normalized spacial score (nSPS) is 21.9. The molecule has 1 saturated carbocycles. The smallest absolute Gasteiger partial charge is 0.322 e. The highest BCUT2D eigenvalue weighted by molar-refractivity contribution is 6.31. The quantitative estimate of drug-likeness (QED) is 0.857. The molecule has 2 N–H and O–H groups in total. The third-order valence-electron chi connectivity index (χ3n) is 2.85. The lowest BCUT2D eigenvalue weighted by molar-refractivity contribution is -0.138. The molecule has 1 aromatic rings. The number of rotatable bonds is 4. The van der Waals surface area contributed by atoms with Gasteiger partial charge in [0, 0.05) is 10.9 Å². The van der Waals surface area contributed by atoms with Gasteiger partial charge in [-0.2, -0.15) is 0 Å². The van der Waals surface area contributed by atoms with Crippen molar-refractivity contribution in [1.29, 1.82) is 0 Å². The predicted octanol–water partition coefficient (Wildman–Crippen LogP) is 1.64. The summed E-state index contributed by atoms with van der Waals surface area (Å²) in [5.74, 6) is -1.27. The highest BCUT2D eigenvalue weighted by Crippen LogP contribution is 2.49. The topological polar surface area (TPSA) is 66.4 Å². The summed E-state index contributed by atoms with van der Waals surface area (Å²) in [6, 6.07) is 7.42. The SMILES string of the molecule is O=C(O)CNC(=O)[C@H]1C[C@@H]1c1ccccc1Cl. The Hall–Kier alpha value is -1.55. The molecule has 2 rings (SSSR count). The number of carbonyl (C=O) groups excluding carboxylic acids is 1. The molecule has 90 valence electrons. The Balaban J connectivity index is 1.94. The highest BCUT2D eigenvalue weighted by atomic mass is 35.5. The molecule has 17 heavy (non-hydrogen) atoms. The molecule has 0 heterocycles. The third kappa shape index (κ3) is 2.77. The molecule has 0 spiro atoms. The molecule has 0 saturated heterocycles. The number of benzene rings is 1. The second kappa shape index (κ2) is 4.75. The minimum atomic E-state index is -1.03. The van der Waals surface area contributed by atoms with E-state index in [9.17, 15) is 9.59 Å². The number of hydrogen-bond donors (Lipinski definition) is 2. The fourth-order valence-electron chi connectivity index (χ4n) is 1.90. The van der Waals surface area contributed by atoms with Crippen LogP contribution in [-0.4, -0.2) is 23.5 Å². The van der Waals surface area contributed by atoms with Crippen molar-refractivity contribution in [2.45, 2.75) is 12.3 Å². The summed E-state index contributed by atoms with van der Waals surface area (Å²) in [7, 11) is 0. The molecule has 0 bridgehead atoms. The molecule has 0 aliphatic heterocycles. The molecule has 1 amide bonds. The van der Waals surface area contributed by atoms with E-state index in [1.54, 1.807) is 6.07 Å². The number of hydrogen-bond acceptors (Lipinski definition) is 2. The Bertz CT molecular complexity index is 461. The van der Waals surface area contributed by atoms with Crippen LogP contribution >= 0.6 is 11.6 Å². The van der Waals surface area contributed by atoms with Gasteiger partial charge in [-0.05, 0) is 24.0 Å². The van der Waals surface area contributed by atoms with Crippen LogP contribution in [0.3, 0.4) is 0 Å². The maximum Gasteiger partial charge on any atom is 0.322 e. The Morgan fingerprint density at radius 2 is 2.12 bits per heavy atom. The van der Waals surface area contributed by atoms with Crippen LogP contribution < -0.4 is 5.32 Å². The summed E-state index contributed by atoms with van der Waals surface area (Å²) in [4.78, 5) is 21.9. The maximum absolute atomic E-state index is 11.6. The molecule has 0 unspecified atom stereocenters. The molecular formula is C12H12ClNO3. The average Bonchev–Trinajstić information content (AvgIpc) is 3.06. The van der Waals surface area contributed by atoms with Crippen molar-refractivity contribution in [1.82, 2.24) is 5.32 Å². The van der Waals surface area contributed by atoms with Crippen molar-refractivity contribution in [3.63, 3.8) is 0 Å². The van der Waals surface area contributed by atoms with E-state index >= 15 is 0 Å². The van der Waals surface area contributed by atoms with Crippen molar-refractivity contribution in [3.8, 4) is 0 Å². The van der Waals surface area contributed by atoms with Gasteiger partial charge in [0.05, 0.1) is 0 Å². The summed E-state index contributed by atoms with van der Waals surface area (Å²) in [6.45, 7) is -0.329. The molecule has 2 atom stereocenters. The zero-order valence-corrected chi connectivity index (χ0v) is 9.78. The third-order valence-corrected chi connectivity index (χ3v) is 3.19. The van der Waals surface area contributed by atoms with Gasteiger partial charge in [0.15, 0.2) is 0 Å². The Morgan fingerprint density at radius 3 is 2.76 bits per heavy atom. The van der Waals surface area contributed by atoms with Crippen LogP contribution in [0.1, 0.15) is 17.9 Å². The van der Waals surface area contributed by atoms with E-state index in [2.05, 4.69) is 5.32 Å². The monoisotopic (exact) mass is 253 g/mol. The number of aliphatic carboxylic acids is 1. The van der Waals surface area contributed by atoms with Crippen molar-refractivity contribution in [2.75, 3.05) is 6.54 Å². The van der Waals surface area contributed by atoms with E-state index in [4.69, 9.17) is 16.7 Å². The zero-order valence-electron chi connectivity index (χ0n) is 9.02. The standard InChI is InChI=1S/C12H12ClNO3/c13-10-4-2-1-3-7(10)8-5-9(8)12(17)14-6-11(15)16/h1-4,8-9H,5-6H2,(H,14,17)(H,15,16)/t8-,9+/m1/s1. The second-order valence-electron chi connectivity index (χ2n) is 4.08. The fraction of sp³-hybridized carbons (Fsp3) is 0.333. The van der Waals surface area contributed by atoms with Crippen LogP contribution in [0.4, 0.5) is 0 Å². The van der Waals surface area contributed by atoms with Crippen LogP contribution in [0, 0.1) is 5.92 Å². The highest BCUT2D eigenvalue weighted by Gasteiger charge is 2.44. The molecule has 5 heteroatoms. The van der Waals surface area contributed by atoms with Crippen LogP contribution in [0.25, 0.3) is 0 Å². The minimum absolute atomic E-state index is 0.123. The average molecular weight is 254 g/mol. The van der Waals surface area contributed by atoms with E-state index in [0.717, 1.165) is 12.0 Å². The van der Waals surface area contributed by atoms with E-state index in [1.807, 2.05) is 18.2 Å². The lowest BCUT2D eigenvalue weighted by Crippen LogP contribution is -2.30. The maximum atomic E-state index is 11.6. The molecule has 1 fully saturated rings. The number of carboxylic acids is 1. The van der Waals surface area contributed by atoms with Gasteiger partial charge in [-0.3, -0.25) is 9.59 Å². The summed E-state index contributed by atoms with van der Waals surface area (Å²) in [5, 5.41) is 11.5. The van der Waals surface area contributed by atoms with Gasteiger partial charge < -0.3 is 10.4 Å². The van der Waals surface area contributed by atoms with Crippen molar-refractivity contribution in [2.24, 2.45) is 5.92 Å². The van der Waals surface area contributed by atoms with Crippen molar-refractivity contribution < 1.29 is 14.7 Å². The summed E-state index contributed by atoms with van der Waals surface area (Å²) >= 11 is 6.03. The van der Waals surface area contributed by atoms with E-state index in [-0.39, 0.29) is 24.3 Å². The van der Waals surface area contributed by atoms with Crippen LogP contribution in [0.2, 0.25) is 5.02 Å². The minimum Gasteiger partial charge on any atom is -0.480 e. The largest absolute Gasteiger partial charge is 0.480 e. The molecular weight excluding hydrogens is 242 g/mol. The lowest BCUT2D eigenvalue weighted by atomic mass is 10.1. The van der Waals surface area contributed by atoms with E-state index in [0.29, 0.717) is 5.02 Å². The predicted molar refractivity (Wildman–Crippen MR) is 62.9 cm³/mol. The van der Waals surface area contributed by atoms with E-state index in [1.165, 1.54) is 0 Å². The zero-order chi connectivity index (χ0) is 12.4. The number of halogens is 1. The van der Waals surface area contributed by atoms with Gasteiger partial charge in [0.25, 0.3) is 0 Å².